The average molecular weight is 310 g/mol. The number of hydrogen-bond acceptors (Lipinski definition) is 4. The first-order chi connectivity index (χ1) is 9.88. The molecule has 0 saturated heterocycles. The summed E-state index contributed by atoms with van der Waals surface area (Å²) in [5.41, 5.74) is 1.77. The Kier molecular flexibility index (Phi) is 4.53. The van der Waals surface area contributed by atoms with Crippen LogP contribution in [0.4, 0.5) is 0 Å². The normalized spacial score (nSPS) is 10.9. The van der Waals surface area contributed by atoms with E-state index in [-0.39, 0.29) is 18.2 Å². The fourth-order valence-corrected chi connectivity index (χ4v) is 2.05. The summed E-state index contributed by atoms with van der Waals surface area (Å²) in [5.74, 6) is 0.187. The molecule has 21 heavy (non-hydrogen) atoms. The first-order valence-electron chi connectivity index (χ1n) is 6.50. The Balaban J connectivity index is 2.18. The molecule has 1 heterocycles. The van der Waals surface area contributed by atoms with E-state index in [1.54, 1.807) is 0 Å². The zero-order valence-corrected chi connectivity index (χ0v) is 12.8. The van der Waals surface area contributed by atoms with Gasteiger partial charge in [-0.1, -0.05) is 30.6 Å². The van der Waals surface area contributed by atoms with Gasteiger partial charge in [-0.15, -0.1) is 0 Å². The molecule has 6 heteroatoms. The van der Waals surface area contributed by atoms with E-state index in [4.69, 9.17) is 26.0 Å². The van der Waals surface area contributed by atoms with Crippen molar-refractivity contribution in [2.24, 2.45) is 0 Å². The van der Waals surface area contributed by atoms with Gasteiger partial charge in [0.25, 0.3) is 0 Å². The molecule has 112 valence electrons. The minimum absolute atomic E-state index is 0.112. The second-order valence-electron chi connectivity index (χ2n) is 5.07. The first kappa shape index (κ1) is 15.4. The zero-order valence-electron chi connectivity index (χ0n) is 12.0. The number of carbonyl (C=O) groups is 1. The van der Waals surface area contributed by atoms with Gasteiger partial charge in [-0.05, 0) is 36.1 Å². The van der Waals surface area contributed by atoms with E-state index >= 15 is 0 Å². The molecule has 1 N–H and O–H groups in total. The van der Waals surface area contributed by atoms with Crippen LogP contribution in [0.5, 0.6) is 5.75 Å². The lowest BCUT2D eigenvalue weighted by molar-refractivity contribution is 0.0685. The molecule has 0 unspecified atom stereocenters. The average Bonchev–Trinajstić information content (AvgIpc) is 2.88. The van der Waals surface area contributed by atoms with Gasteiger partial charge in [-0.2, -0.15) is 0 Å². The number of aromatic carboxylic acids is 1. The van der Waals surface area contributed by atoms with Gasteiger partial charge >= 0.3 is 5.97 Å². The molecular formula is C15H16ClNO4. The van der Waals surface area contributed by atoms with Crippen molar-refractivity contribution in [2.75, 3.05) is 0 Å². The van der Waals surface area contributed by atoms with Gasteiger partial charge in [0.05, 0.1) is 0 Å². The van der Waals surface area contributed by atoms with E-state index in [1.807, 2.05) is 32.9 Å². The van der Waals surface area contributed by atoms with E-state index in [9.17, 15) is 4.79 Å². The van der Waals surface area contributed by atoms with Crippen molar-refractivity contribution in [2.45, 2.75) is 33.3 Å². The van der Waals surface area contributed by atoms with Crippen LogP contribution in [0.3, 0.4) is 0 Å². The van der Waals surface area contributed by atoms with Crippen LogP contribution in [0.25, 0.3) is 0 Å². The lowest BCUT2D eigenvalue weighted by Crippen LogP contribution is -2.00. The number of carboxylic acids is 1. The summed E-state index contributed by atoms with van der Waals surface area (Å²) in [6.45, 7) is 6.10. The standard InChI is InChI=1S/C15H16ClNO4/c1-8(2)11-6-12(16)9(3)4-14(11)20-7-10-5-13(15(18)19)17-21-10/h4-6,8H,7H2,1-3H3,(H,18,19). The molecule has 0 aliphatic heterocycles. The maximum absolute atomic E-state index is 10.7. The molecule has 0 spiro atoms. The SMILES string of the molecule is Cc1cc(OCc2cc(C(=O)O)no2)c(C(C)C)cc1Cl. The third kappa shape index (κ3) is 3.55. The van der Waals surface area contributed by atoms with Crippen LogP contribution in [-0.4, -0.2) is 16.2 Å². The summed E-state index contributed by atoms with van der Waals surface area (Å²) < 4.78 is 10.6. The second-order valence-corrected chi connectivity index (χ2v) is 5.47. The van der Waals surface area contributed by atoms with Gasteiger partial charge in [0.15, 0.2) is 11.5 Å². The van der Waals surface area contributed by atoms with Crippen molar-refractivity contribution in [1.29, 1.82) is 0 Å². The van der Waals surface area contributed by atoms with Gasteiger partial charge < -0.3 is 14.4 Å². The molecule has 0 bridgehead atoms. The van der Waals surface area contributed by atoms with E-state index in [1.165, 1.54) is 6.07 Å². The molecule has 2 rings (SSSR count). The minimum Gasteiger partial charge on any atom is -0.485 e. The Morgan fingerprint density at radius 1 is 1.43 bits per heavy atom. The predicted molar refractivity (Wildman–Crippen MR) is 78.1 cm³/mol. The molecule has 0 radical (unpaired) electrons. The molecule has 1 aromatic carbocycles. The van der Waals surface area contributed by atoms with Crippen molar-refractivity contribution in [1.82, 2.24) is 5.16 Å². The molecular weight excluding hydrogens is 294 g/mol. The molecule has 5 nitrogen and oxygen atoms in total. The number of nitrogens with zero attached hydrogens (tertiary/aromatic N) is 1. The summed E-state index contributed by atoms with van der Waals surface area (Å²) in [5, 5.41) is 12.9. The minimum atomic E-state index is -1.13. The second kappa shape index (κ2) is 6.18. The van der Waals surface area contributed by atoms with Crippen LogP contribution in [-0.2, 0) is 6.61 Å². The summed E-state index contributed by atoms with van der Waals surface area (Å²) in [4.78, 5) is 10.7. The van der Waals surface area contributed by atoms with Crippen molar-refractivity contribution in [3.8, 4) is 5.75 Å². The molecule has 2 aromatic rings. The van der Waals surface area contributed by atoms with Gasteiger partial charge in [-0.25, -0.2) is 4.79 Å². The number of halogens is 1. The smallest absolute Gasteiger partial charge is 0.358 e. The van der Waals surface area contributed by atoms with Gasteiger partial charge in [0, 0.05) is 11.1 Å². The number of rotatable bonds is 5. The highest BCUT2D eigenvalue weighted by atomic mass is 35.5. The molecule has 0 aliphatic rings. The Morgan fingerprint density at radius 3 is 2.71 bits per heavy atom. The molecule has 1 aromatic heterocycles. The predicted octanol–water partition coefficient (Wildman–Crippen LogP) is 4.04. The van der Waals surface area contributed by atoms with Crippen molar-refractivity contribution < 1.29 is 19.2 Å². The number of benzene rings is 1. The monoisotopic (exact) mass is 309 g/mol. The van der Waals surface area contributed by atoms with Gasteiger partial charge in [0.1, 0.15) is 12.4 Å². The number of carboxylic acid groups (broad SMARTS) is 1. The van der Waals surface area contributed by atoms with Crippen LogP contribution in [0.1, 0.15) is 47.1 Å². The summed E-state index contributed by atoms with van der Waals surface area (Å²) in [6, 6.07) is 5.10. The number of hydrogen-bond donors (Lipinski definition) is 1. The molecule has 0 fully saturated rings. The van der Waals surface area contributed by atoms with Gasteiger partial charge in [-0.3, -0.25) is 0 Å². The Morgan fingerprint density at radius 2 is 2.14 bits per heavy atom. The van der Waals surface area contributed by atoms with Crippen LogP contribution >= 0.6 is 11.6 Å². The molecule has 0 atom stereocenters. The van der Waals surface area contributed by atoms with Crippen molar-refractivity contribution in [3.63, 3.8) is 0 Å². The van der Waals surface area contributed by atoms with Crippen LogP contribution < -0.4 is 4.74 Å². The summed E-state index contributed by atoms with van der Waals surface area (Å²) in [7, 11) is 0. The number of ether oxygens (including phenoxy) is 1. The maximum Gasteiger partial charge on any atom is 0.358 e. The highest BCUT2D eigenvalue weighted by Gasteiger charge is 2.14. The Bertz CT molecular complexity index is 664. The fourth-order valence-electron chi connectivity index (χ4n) is 1.88. The topological polar surface area (TPSA) is 72.6 Å². The third-order valence-corrected chi connectivity index (χ3v) is 3.47. The highest BCUT2D eigenvalue weighted by molar-refractivity contribution is 6.31. The Labute approximate surface area is 127 Å². The quantitative estimate of drug-likeness (QED) is 0.902. The maximum atomic E-state index is 10.7. The van der Waals surface area contributed by atoms with Crippen molar-refractivity contribution >= 4 is 17.6 Å². The number of aryl methyl sites for hydroxylation is 1. The molecule has 0 amide bonds. The lowest BCUT2D eigenvalue weighted by Gasteiger charge is -2.15. The van der Waals surface area contributed by atoms with E-state index in [0.717, 1.165) is 11.1 Å². The Hall–Kier alpha value is -2.01. The fraction of sp³-hybridized carbons (Fsp3) is 0.333. The van der Waals surface area contributed by atoms with E-state index in [0.29, 0.717) is 16.5 Å². The van der Waals surface area contributed by atoms with Crippen molar-refractivity contribution in [3.05, 3.63) is 45.8 Å². The van der Waals surface area contributed by atoms with Crippen LogP contribution in [0, 0.1) is 6.92 Å². The zero-order chi connectivity index (χ0) is 15.6. The van der Waals surface area contributed by atoms with E-state index < -0.39 is 5.97 Å². The van der Waals surface area contributed by atoms with Crippen LogP contribution in [0.2, 0.25) is 5.02 Å². The first-order valence-corrected chi connectivity index (χ1v) is 6.88. The summed E-state index contributed by atoms with van der Waals surface area (Å²) >= 11 is 6.14. The van der Waals surface area contributed by atoms with Gasteiger partial charge in [0.2, 0.25) is 0 Å². The van der Waals surface area contributed by atoms with Crippen LogP contribution in [0.15, 0.2) is 22.7 Å². The third-order valence-electron chi connectivity index (χ3n) is 3.06. The molecule has 0 aliphatic carbocycles. The summed E-state index contributed by atoms with van der Waals surface area (Å²) in [6.07, 6.45) is 0. The molecule has 0 saturated carbocycles. The lowest BCUT2D eigenvalue weighted by atomic mass is 10.0. The van der Waals surface area contributed by atoms with E-state index in [2.05, 4.69) is 5.16 Å². The largest absolute Gasteiger partial charge is 0.485 e. The highest BCUT2D eigenvalue weighted by Crippen LogP contribution is 2.32. The number of aromatic nitrogens is 1.